The van der Waals surface area contributed by atoms with Gasteiger partial charge in [-0.1, -0.05) is 42.5 Å². The van der Waals surface area contributed by atoms with Crippen molar-refractivity contribution < 1.29 is 24.2 Å². The molecular formula is C22H24N2O5. The zero-order valence-corrected chi connectivity index (χ0v) is 16.0. The third-order valence-electron chi connectivity index (χ3n) is 4.81. The first-order valence-corrected chi connectivity index (χ1v) is 9.58. The number of rotatable bonds is 7. The van der Waals surface area contributed by atoms with Gasteiger partial charge in [-0.3, -0.25) is 14.4 Å². The number of carbonyl (C=O) groups is 3. The van der Waals surface area contributed by atoms with Gasteiger partial charge in [-0.2, -0.15) is 0 Å². The van der Waals surface area contributed by atoms with Gasteiger partial charge in [-0.15, -0.1) is 0 Å². The summed E-state index contributed by atoms with van der Waals surface area (Å²) < 4.78 is 5.89. The van der Waals surface area contributed by atoms with Crippen LogP contribution < -0.4 is 10.6 Å². The van der Waals surface area contributed by atoms with Crippen molar-refractivity contribution in [3.63, 3.8) is 0 Å². The Labute approximate surface area is 169 Å². The fourth-order valence-corrected chi connectivity index (χ4v) is 3.38. The summed E-state index contributed by atoms with van der Waals surface area (Å²) in [5.74, 6) is -1.82. The maximum atomic E-state index is 12.9. The number of amides is 2. The summed E-state index contributed by atoms with van der Waals surface area (Å²) in [7, 11) is 0. The lowest BCUT2D eigenvalue weighted by molar-refractivity contribution is -0.137. The predicted molar refractivity (Wildman–Crippen MR) is 107 cm³/mol. The van der Waals surface area contributed by atoms with Crippen LogP contribution in [0.25, 0.3) is 0 Å². The van der Waals surface area contributed by atoms with Gasteiger partial charge in [0, 0.05) is 12.3 Å². The van der Waals surface area contributed by atoms with Crippen LogP contribution in [0.2, 0.25) is 0 Å². The molecule has 2 aromatic carbocycles. The highest BCUT2D eigenvalue weighted by Crippen LogP contribution is 2.34. The number of benzene rings is 2. The second-order valence-corrected chi connectivity index (χ2v) is 6.98. The van der Waals surface area contributed by atoms with E-state index in [1.165, 1.54) is 0 Å². The number of hydrogen-bond acceptors (Lipinski definition) is 4. The van der Waals surface area contributed by atoms with E-state index in [1.54, 1.807) is 24.3 Å². The first-order chi connectivity index (χ1) is 14.0. The number of anilines is 1. The van der Waals surface area contributed by atoms with Crippen molar-refractivity contribution in [3.05, 3.63) is 65.7 Å². The van der Waals surface area contributed by atoms with Gasteiger partial charge in [-0.25, -0.2) is 0 Å². The molecule has 7 heteroatoms. The van der Waals surface area contributed by atoms with Gasteiger partial charge in [0.05, 0.1) is 18.4 Å². The molecule has 3 rings (SSSR count). The van der Waals surface area contributed by atoms with E-state index in [2.05, 4.69) is 10.6 Å². The fraction of sp³-hybridized carbons (Fsp3) is 0.318. The number of carboxylic acid groups (broad SMARTS) is 1. The normalized spacial score (nSPS) is 18.6. The Morgan fingerprint density at radius 1 is 1.03 bits per heavy atom. The lowest BCUT2D eigenvalue weighted by Crippen LogP contribution is -2.33. The van der Waals surface area contributed by atoms with Crippen LogP contribution in [0.5, 0.6) is 0 Å². The van der Waals surface area contributed by atoms with E-state index in [0.29, 0.717) is 12.3 Å². The van der Waals surface area contributed by atoms with E-state index in [0.717, 1.165) is 24.0 Å². The minimum atomic E-state index is -1.09. The quantitative estimate of drug-likeness (QED) is 0.667. The van der Waals surface area contributed by atoms with Gasteiger partial charge in [0.2, 0.25) is 11.8 Å². The molecule has 3 N–H and O–H groups in total. The lowest BCUT2D eigenvalue weighted by atomic mass is 9.88. The Kier molecular flexibility index (Phi) is 6.97. The number of ether oxygens (including phenoxy) is 1. The number of nitrogens with one attached hydrogen (secondary N) is 2. The van der Waals surface area contributed by atoms with Crippen LogP contribution in [0.1, 0.15) is 30.1 Å². The van der Waals surface area contributed by atoms with E-state index < -0.39 is 12.5 Å². The molecule has 0 spiro atoms. The number of aliphatic carboxylic acids is 1. The maximum absolute atomic E-state index is 12.9. The molecule has 0 radical (unpaired) electrons. The largest absolute Gasteiger partial charge is 0.480 e. The molecule has 0 aliphatic carbocycles. The highest BCUT2D eigenvalue weighted by Gasteiger charge is 2.33. The predicted octanol–water partition coefficient (Wildman–Crippen LogP) is 2.54. The molecule has 0 saturated carbocycles. The summed E-state index contributed by atoms with van der Waals surface area (Å²) in [6.45, 7) is 0.237. The van der Waals surface area contributed by atoms with E-state index in [-0.39, 0.29) is 30.3 Å². The highest BCUT2D eigenvalue weighted by molar-refractivity contribution is 5.93. The number of carbonyl (C=O) groups excluding carboxylic acids is 2. The topological polar surface area (TPSA) is 105 Å². The van der Waals surface area contributed by atoms with Gasteiger partial charge in [0.25, 0.3) is 0 Å². The average molecular weight is 396 g/mol. The SMILES string of the molecule is O=C(O)CNC(=O)Cc1ccc(NC(=O)C2CCCOC2c2ccccc2)cc1. The Morgan fingerprint density at radius 2 is 1.76 bits per heavy atom. The molecule has 29 heavy (non-hydrogen) atoms. The minimum absolute atomic E-state index is 0.0774. The Balaban J connectivity index is 1.59. The molecule has 2 aromatic rings. The molecule has 1 aliphatic heterocycles. The molecule has 1 saturated heterocycles. The Hall–Kier alpha value is -3.19. The zero-order chi connectivity index (χ0) is 20.6. The standard InChI is InChI=1S/C22H24N2O5/c25-19(23-14-20(26)27)13-15-8-10-17(11-9-15)24-22(28)18-7-4-12-29-21(18)16-5-2-1-3-6-16/h1-3,5-6,8-11,18,21H,4,7,12-14H2,(H,23,25)(H,24,28)(H,26,27). The Bertz CT molecular complexity index is 851. The van der Waals surface area contributed by atoms with Crippen molar-refractivity contribution >= 4 is 23.5 Å². The molecule has 1 fully saturated rings. The molecule has 2 atom stereocenters. The summed E-state index contributed by atoms with van der Waals surface area (Å²) in [6, 6.07) is 16.7. The number of hydrogen-bond donors (Lipinski definition) is 3. The molecule has 1 heterocycles. The average Bonchev–Trinajstić information content (AvgIpc) is 2.74. The fourth-order valence-electron chi connectivity index (χ4n) is 3.38. The van der Waals surface area contributed by atoms with Crippen LogP contribution in [-0.2, 0) is 25.5 Å². The summed E-state index contributed by atoms with van der Waals surface area (Å²) in [6.07, 6.45) is 1.41. The van der Waals surface area contributed by atoms with E-state index >= 15 is 0 Å². The van der Waals surface area contributed by atoms with Crippen molar-refractivity contribution in [2.75, 3.05) is 18.5 Å². The van der Waals surface area contributed by atoms with Crippen LogP contribution in [0.3, 0.4) is 0 Å². The van der Waals surface area contributed by atoms with Crippen molar-refractivity contribution in [2.24, 2.45) is 5.92 Å². The van der Waals surface area contributed by atoms with Gasteiger partial charge in [0.15, 0.2) is 0 Å². The minimum Gasteiger partial charge on any atom is -0.480 e. The van der Waals surface area contributed by atoms with Crippen molar-refractivity contribution in [3.8, 4) is 0 Å². The van der Waals surface area contributed by atoms with Crippen molar-refractivity contribution in [2.45, 2.75) is 25.4 Å². The first kappa shape index (κ1) is 20.5. The molecular weight excluding hydrogens is 372 g/mol. The van der Waals surface area contributed by atoms with Crippen molar-refractivity contribution in [1.29, 1.82) is 0 Å². The molecule has 1 aliphatic rings. The summed E-state index contributed by atoms with van der Waals surface area (Å²) in [4.78, 5) is 35.0. The summed E-state index contributed by atoms with van der Waals surface area (Å²) >= 11 is 0. The first-order valence-electron chi connectivity index (χ1n) is 9.58. The van der Waals surface area contributed by atoms with Gasteiger partial charge in [-0.05, 0) is 36.1 Å². The monoisotopic (exact) mass is 396 g/mol. The van der Waals surface area contributed by atoms with Gasteiger partial charge >= 0.3 is 5.97 Å². The van der Waals surface area contributed by atoms with E-state index in [4.69, 9.17) is 9.84 Å². The second-order valence-electron chi connectivity index (χ2n) is 6.98. The second kappa shape index (κ2) is 9.84. The molecule has 2 amide bonds. The number of carboxylic acids is 1. The molecule has 152 valence electrons. The smallest absolute Gasteiger partial charge is 0.322 e. The van der Waals surface area contributed by atoms with Crippen LogP contribution >= 0.6 is 0 Å². The third-order valence-corrected chi connectivity index (χ3v) is 4.81. The lowest BCUT2D eigenvalue weighted by Gasteiger charge is -2.31. The van der Waals surface area contributed by atoms with Crippen LogP contribution in [-0.4, -0.2) is 36.0 Å². The van der Waals surface area contributed by atoms with E-state index in [1.807, 2.05) is 30.3 Å². The van der Waals surface area contributed by atoms with Crippen molar-refractivity contribution in [1.82, 2.24) is 5.32 Å². The molecule has 2 unspecified atom stereocenters. The van der Waals surface area contributed by atoms with E-state index in [9.17, 15) is 14.4 Å². The summed E-state index contributed by atoms with van der Waals surface area (Å²) in [5.41, 5.74) is 2.37. The van der Waals surface area contributed by atoms with Crippen LogP contribution in [0, 0.1) is 5.92 Å². The highest BCUT2D eigenvalue weighted by atomic mass is 16.5. The Morgan fingerprint density at radius 3 is 2.45 bits per heavy atom. The van der Waals surface area contributed by atoms with Crippen LogP contribution in [0.15, 0.2) is 54.6 Å². The molecule has 7 nitrogen and oxygen atoms in total. The zero-order valence-electron chi connectivity index (χ0n) is 16.0. The molecule has 0 bridgehead atoms. The van der Waals surface area contributed by atoms with Gasteiger partial charge in [0.1, 0.15) is 6.54 Å². The maximum Gasteiger partial charge on any atom is 0.322 e. The summed E-state index contributed by atoms with van der Waals surface area (Å²) in [5, 5.41) is 13.8. The van der Waals surface area contributed by atoms with Crippen LogP contribution in [0.4, 0.5) is 5.69 Å². The molecule has 0 aromatic heterocycles. The van der Waals surface area contributed by atoms with Gasteiger partial charge < -0.3 is 20.5 Å². The third kappa shape index (κ3) is 5.89.